The summed E-state index contributed by atoms with van der Waals surface area (Å²) in [7, 11) is 0. The molecule has 142 valence electrons. The number of unbranched alkanes of at least 4 members (excludes halogenated alkanes) is 2. The van der Waals surface area contributed by atoms with E-state index in [1.165, 1.54) is 11.3 Å². The van der Waals surface area contributed by atoms with E-state index in [0.29, 0.717) is 17.1 Å². The van der Waals surface area contributed by atoms with Crippen LogP contribution in [0.3, 0.4) is 0 Å². The van der Waals surface area contributed by atoms with Gasteiger partial charge in [-0.05, 0) is 38.0 Å². The van der Waals surface area contributed by atoms with Crippen LogP contribution in [0.1, 0.15) is 58.2 Å². The van der Waals surface area contributed by atoms with E-state index in [0.717, 1.165) is 29.8 Å². The third kappa shape index (κ3) is 3.64. The van der Waals surface area contributed by atoms with Crippen molar-refractivity contribution in [1.82, 2.24) is 14.9 Å². The number of ketones is 1. The highest BCUT2D eigenvalue weighted by Crippen LogP contribution is 2.40. The Morgan fingerprint density at radius 1 is 1.26 bits per heavy atom. The van der Waals surface area contributed by atoms with E-state index < -0.39 is 17.7 Å². The normalized spacial score (nSPS) is 17.1. The highest BCUT2D eigenvalue weighted by molar-refractivity contribution is 7.14. The van der Waals surface area contributed by atoms with E-state index in [9.17, 15) is 14.7 Å². The van der Waals surface area contributed by atoms with Crippen LogP contribution in [0.25, 0.3) is 0 Å². The van der Waals surface area contributed by atoms with E-state index in [2.05, 4.69) is 16.9 Å². The Labute approximate surface area is 162 Å². The number of aliphatic hydroxyl groups excluding tert-OH is 1. The molecule has 1 amide bonds. The standard InChI is InChI=1S/C20H23N3O3S/c1-4-5-6-11-23-16(14-7-9-21-10-8-14)15(18(25)20(23)26)17(24)19-12(2)22-13(3)27-19/h7-10,16,25H,4-6,11H2,1-3H3. The van der Waals surface area contributed by atoms with Crippen molar-refractivity contribution in [2.75, 3.05) is 6.54 Å². The second-order valence-electron chi connectivity index (χ2n) is 6.63. The molecule has 0 aromatic carbocycles. The summed E-state index contributed by atoms with van der Waals surface area (Å²) in [6, 6.07) is 2.95. The van der Waals surface area contributed by atoms with Gasteiger partial charge in [0, 0.05) is 18.9 Å². The first kappa shape index (κ1) is 19.2. The summed E-state index contributed by atoms with van der Waals surface area (Å²) < 4.78 is 0. The summed E-state index contributed by atoms with van der Waals surface area (Å²) in [6.07, 6.45) is 6.07. The third-order valence-corrected chi connectivity index (χ3v) is 5.75. The Hall–Kier alpha value is -2.54. The predicted octanol–water partition coefficient (Wildman–Crippen LogP) is 3.92. The van der Waals surface area contributed by atoms with Crippen molar-refractivity contribution in [3.8, 4) is 0 Å². The van der Waals surface area contributed by atoms with Crippen LogP contribution in [-0.4, -0.2) is 38.2 Å². The number of carbonyl (C=O) groups excluding carboxylic acids is 2. The zero-order valence-electron chi connectivity index (χ0n) is 15.7. The topological polar surface area (TPSA) is 83.4 Å². The van der Waals surface area contributed by atoms with Crippen LogP contribution in [-0.2, 0) is 4.79 Å². The quantitative estimate of drug-likeness (QED) is 0.577. The van der Waals surface area contributed by atoms with Crippen LogP contribution in [0, 0.1) is 13.8 Å². The van der Waals surface area contributed by atoms with Gasteiger partial charge in [0.15, 0.2) is 5.76 Å². The first-order chi connectivity index (χ1) is 13.0. The molecule has 3 rings (SSSR count). The summed E-state index contributed by atoms with van der Waals surface area (Å²) in [4.78, 5) is 36.4. The fourth-order valence-electron chi connectivity index (χ4n) is 3.40. The largest absolute Gasteiger partial charge is 0.503 e. The predicted molar refractivity (Wildman–Crippen MR) is 104 cm³/mol. The minimum Gasteiger partial charge on any atom is -0.503 e. The minimum atomic E-state index is -0.605. The van der Waals surface area contributed by atoms with E-state index in [1.54, 1.807) is 36.4 Å². The second-order valence-corrected chi connectivity index (χ2v) is 7.83. The molecule has 0 bridgehead atoms. The number of hydrogen-bond acceptors (Lipinski definition) is 6. The lowest BCUT2D eigenvalue weighted by molar-refractivity contribution is -0.129. The molecular weight excluding hydrogens is 362 g/mol. The number of Topliss-reactive ketones (excluding diaryl/α,β-unsaturated/α-hetero) is 1. The Morgan fingerprint density at radius 2 is 1.96 bits per heavy atom. The van der Waals surface area contributed by atoms with Gasteiger partial charge in [-0.2, -0.15) is 0 Å². The van der Waals surface area contributed by atoms with Gasteiger partial charge in [0.25, 0.3) is 5.91 Å². The van der Waals surface area contributed by atoms with Gasteiger partial charge in [-0.3, -0.25) is 14.6 Å². The molecule has 6 nitrogen and oxygen atoms in total. The lowest BCUT2D eigenvalue weighted by Gasteiger charge is -2.26. The van der Waals surface area contributed by atoms with Gasteiger partial charge in [-0.25, -0.2) is 4.98 Å². The van der Waals surface area contributed by atoms with Crippen LogP contribution in [0.5, 0.6) is 0 Å². The molecule has 0 radical (unpaired) electrons. The van der Waals surface area contributed by atoms with E-state index in [4.69, 9.17) is 0 Å². The monoisotopic (exact) mass is 385 g/mol. The van der Waals surface area contributed by atoms with Gasteiger partial charge in [0.1, 0.15) is 0 Å². The van der Waals surface area contributed by atoms with Crippen LogP contribution >= 0.6 is 11.3 Å². The molecule has 2 aromatic heterocycles. The summed E-state index contributed by atoms with van der Waals surface area (Å²) in [5, 5.41) is 11.4. The van der Waals surface area contributed by atoms with Crippen molar-refractivity contribution in [2.45, 2.75) is 46.1 Å². The fraction of sp³-hybridized carbons (Fsp3) is 0.400. The molecule has 1 atom stereocenters. The molecule has 27 heavy (non-hydrogen) atoms. The first-order valence-corrected chi connectivity index (χ1v) is 9.90. The highest BCUT2D eigenvalue weighted by atomic mass is 32.1. The number of amides is 1. The molecule has 3 heterocycles. The van der Waals surface area contributed by atoms with Crippen LogP contribution in [0.4, 0.5) is 0 Å². The Morgan fingerprint density at radius 3 is 2.56 bits per heavy atom. The van der Waals surface area contributed by atoms with Gasteiger partial charge in [0.05, 0.1) is 27.2 Å². The van der Waals surface area contributed by atoms with Gasteiger partial charge >= 0.3 is 0 Å². The van der Waals surface area contributed by atoms with Crippen molar-refractivity contribution in [3.63, 3.8) is 0 Å². The Bertz CT molecular complexity index is 889. The molecule has 0 saturated heterocycles. The maximum absolute atomic E-state index is 13.3. The Kier molecular flexibility index (Phi) is 5.70. The number of nitrogens with zero attached hydrogens (tertiary/aromatic N) is 3. The number of rotatable bonds is 7. The molecule has 1 N–H and O–H groups in total. The van der Waals surface area contributed by atoms with Gasteiger partial charge in [0.2, 0.25) is 5.78 Å². The van der Waals surface area contributed by atoms with Gasteiger partial charge < -0.3 is 10.0 Å². The maximum atomic E-state index is 13.3. The van der Waals surface area contributed by atoms with Crippen molar-refractivity contribution >= 4 is 23.0 Å². The number of pyridine rings is 1. The van der Waals surface area contributed by atoms with E-state index in [-0.39, 0.29) is 11.4 Å². The molecule has 0 aliphatic carbocycles. The molecular formula is C20H23N3O3S. The van der Waals surface area contributed by atoms with Crippen molar-refractivity contribution < 1.29 is 14.7 Å². The van der Waals surface area contributed by atoms with Crippen molar-refractivity contribution in [1.29, 1.82) is 0 Å². The molecule has 2 aromatic rings. The number of aromatic nitrogens is 2. The highest BCUT2D eigenvalue weighted by Gasteiger charge is 2.44. The van der Waals surface area contributed by atoms with E-state index >= 15 is 0 Å². The van der Waals surface area contributed by atoms with Crippen LogP contribution in [0.2, 0.25) is 0 Å². The number of aliphatic hydroxyl groups is 1. The van der Waals surface area contributed by atoms with Gasteiger partial charge in [-0.15, -0.1) is 11.3 Å². The second kappa shape index (κ2) is 8.00. The summed E-state index contributed by atoms with van der Waals surface area (Å²) >= 11 is 1.28. The molecule has 0 fully saturated rings. The lowest BCUT2D eigenvalue weighted by atomic mass is 9.95. The minimum absolute atomic E-state index is 0.134. The number of thiazole rings is 1. The zero-order valence-corrected chi connectivity index (χ0v) is 16.5. The Balaban J connectivity index is 2.04. The number of hydrogen-bond donors (Lipinski definition) is 1. The van der Waals surface area contributed by atoms with Gasteiger partial charge in [-0.1, -0.05) is 19.8 Å². The molecule has 1 aliphatic rings. The van der Waals surface area contributed by atoms with Crippen LogP contribution in [0.15, 0.2) is 35.9 Å². The number of aryl methyl sites for hydroxylation is 2. The zero-order chi connectivity index (χ0) is 19.6. The molecule has 0 spiro atoms. The van der Waals surface area contributed by atoms with Crippen LogP contribution < -0.4 is 0 Å². The molecule has 1 unspecified atom stereocenters. The summed E-state index contributed by atoms with van der Waals surface area (Å²) in [5.74, 6) is -1.28. The smallest absolute Gasteiger partial charge is 0.290 e. The first-order valence-electron chi connectivity index (χ1n) is 9.08. The van der Waals surface area contributed by atoms with E-state index in [1.807, 2.05) is 6.92 Å². The summed E-state index contributed by atoms with van der Waals surface area (Å²) in [6.45, 7) is 6.18. The SMILES string of the molecule is CCCCCN1C(=O)C(O)=C(C(=O)c2sc(C)nc2C)C1c1ccncc1. The molecule has 0 saturated carbocycles. The van der Waals surface area contributed by atoms with Crippen molar-refractivity contribution in [3.05, 3.63) is 57.0 Å². The average Bonchev–Trinajstić information content (AvgIpc) is 3.12. The lowest BCUT2D eigenvalue weighted by Crippen LogP contribution is -2.32. The molecule has 1 aliphatic heterocycles. The fourth-order valence-corrected chi connectivity index (χ4v) is 4.28. The third-order valence-electron chi connectivity index (χ3n) is 4.68. The maximum Gasteiger partial charge on any atom is 0.290 e. The molecule has 7 heteroatoms. The van der Waals surface area contributed by atoms with Crippen molar-refractivity contribution in [2.24, 2.45) is 0 Å². The summed E-state index contributed by atoms with van der Waals surface area (Å²) in [5.41, 5.74) is 1.52. The number of carbonyl (C=O) groups is 2. The average molecular weight is 385 g/mol.